The first-order valence-electron chi connectivity index (χ1n) is 7.28. The molecule has 0 bridgehead atoms. The van der Waals surface area contributed by atoms with Crippen LogP contribution in [-0.4, -0.2) is 42.6 Å². The highest BCUT2D eigenvalue weighted by atomic mass is 32.2. The second-order valence-corrected chi connectivity index (χ2v) is 7.83. The number of nitrogens with zero attached hydrogens (tertiary/aromatic N) is 1. The number of hydrogen-bond acceptors (Lipinski definition) is 3. The minimum atomic E-state index is 0.244. The van der Waals surface area contributed by atoms with Crippen LogP contribution in [0.15, 0.2) is 0 Å². The van der Waals surface area contributed by atoms with E-state index in [9.17, 15) is 0 Å². The van der Waals surface area contributed by atoms with E-state index in [2.05, 4.69) is 39.0 Å². The summed E-state index contributed by atoms with van der Waals surface area (Å²) < 4.78 is 0. The lowest BCUT2D eigenvalue weighted by Gasteiger charge is -2.52. The third-order valence-electron chi connectivity index (χ3n) is 4.97. The van der Waals surface area contributed by atoms with E-state index in [1.807, 2.05) is 11.8 Å². The average molecular weight is 273 g/mol. The van der Waals surface area contributed by atoms with Crippen LogP contribution in [0.25, 0.3) is 0 Å². The van der Waals surface area contributed by atoms with Gasteiger partial charge in [0, 0.05) is 12.1 Å². The first-order valence-corrected chi connectivity index (χ1v) is 8.67. The number of rotatable bonds is 6. The van der Waals surface area contributed by atoms with Gasteiger partial charge in [0.2, 0.25) is 0 Å². The van der Waals surface area contributed by atoms with Crippen molar-refractivity contribution in [1.82, 2.24) is 4.90 Å². The Morgan fingerprint density at radius 1 is 1.33 bits per heavy atom. The summed E-state index contributed by atoms with van der Waals surface area (Å²) in [5.41, 5.74) is 6.92. The van der Waals surface area contributed by atoms with Crippen molar-refractivity contribution in [1.29, 1.82) is 0 Å². The van der Waals surface area contributed by atoms with E-state index in [1.54, 1.807) is 0 Å². The fourth-order valence-corrected chi connectivity index (χ4v) is 4.03. The molecule has 1 aliphatic carbocycles. The van der Waals surface area contributed by atoms with Crippen molar-refractivity contribution < 1.29 is 0 Å². The van der Waals surface area contributed by atoms with E-state index in [-0.39, 0.29) is 5.54 Å². The molecule has 2 atom stereocenters. The van der Waals surface area contributed by atoms with E-state index >= 15 is 0 Å². The van der Waals surface area contributed by atoms with Crippen molar-refractivity contribution in [2.75, 3.05) is 32.1 Å². The van der Waals surface area contributed by atoms with Crippen LogP contribution in [0.3, 0.4) is 0 Å². The summed E-state index contributed by atoms with van der Waals surface area (Å²) >= 11 is 1.94. The quantitative estimate of drug-likeness (QED) is 0.753. The van der Waals surface area contributed by atoms with Gasteiger partial charge in [-0.15, -0.1) is 0 Å². The normalized spacial score (nSPS) is 31.8. The Morgan fingerprint density at radius 3 is 2.50 bits per heavy atom. The zero-order chi connectivity index (χ0) is 13.8. The summed E-state index contributed by atoms with van der Waals surface area (Å²) in [6.07, 6.45) is 7.33. The highest BCUT2D eigenvalue weighted by Crippen LogP contribution is 2.45. The summed E-state index contributed by atoms with van der Waals surface area (Å²) in [5, 5.41) is 0. The number of thioether (sulfide) groups is 1. The molecule has 18 heavy (non-hydrogen) atoms. The van der Waals surface area contributed by atoms with Gasteiger partial charge in [0.25, 0.3) is 0 Å². The topological polar surface area (TPSA) is 29.3 Å². The van der Waals surface area contributed by atoms with Crippen molar-refractivity contribution in [2.45, 2.75) is 52.0 Å². The molecule has 2 unspecified atom stereocenters. The SMILES string of the molecule is CSCCCN(C)C1(CN)CCC(C)(C)CC1C. The highest BCUT2D eigenvalue weighted by molar-refractivity contribution is 7.98. The lowest BCUT2D eigenvalue weighted by molar-refractivity contribution is -0.00683. The zero-order valence-corrected chi connectivity index (χ0v) is 13.8. The Labute approximate surface area is 118 Å². The van der Waals surface area contributed by atoms with Crippen LogP contribution < -0.4 is 5.73 Å². The predicted octanol–water partition coefficient (Wildman–Crippen LogP) is 3.22. The molecule has 0 aromatic rings. The van der Waals surface area contributed by atoms with Crippen LogP contribution in [-0.2, 0) is 0 Å². The van der Waals surface area contributed by atoms with Gasteiger partial charge in [-0.05, 0) is 62.6 Å². The Hall–Kier alpha value is 0.270. The summed E-state index contributed by atoms with van der Waals surface area (Å²) in [6, 6.07) is 0. The van der Waals surface area contributed by atoms with Gasteiger partial charge >= 0.3 is 0 Å². The fraction of sp³-hybridized carbons (Fsp3) is 1.00. The van der Waals surface area contributed by atoms with Crippen LogP contribution in [0.2, 0.25) is 0 Å². The van der Waals surface area contributed by atoms with Crippen molar-refractivity contribution in [3.63, 3.8) is 0 Å². The molecule has 0 aliphatic heterocycles. The number of likely N-dealkylation sites (N-methyl/N-ethyl adjacent to an activating group) is 1. The van der Waals surface area contributed by atoms with Gasteiger partial charge in [0.1, 0.15) is 0 Å². The molecule has 0 amide bonds. The van der Waals surface area contributed by atoms with Gasteiger partial charge in [-0.25, -0.2) is 0 Å². The Bertz CT molecular complexity index is 255. The van der Waals surface area contributed by atoms with Crippen LogP contribution in [0.1, 0.15) is 46.5 Å². The highest BCUT2D eigenvalue weighted by Gasteiger charge is 2.45. The molecule has 1 rings (SSSR count). The molecule has 0 saturated heterocycles. The molecule has 1 aliphatic rings. The van der Waals surface area contributed by atoms with Gasteiger partial charge in [0.05, 0.1) is 0 Å². The third-order valence-corrected chi connectivity index (χ3v) is 5.66. The Morgan fingerprint density at radius 2 is 2.00 bits per heavy atom. The molecular weight excluding hydrogens is 240 g/mol. The maximum atomic E-state index is 6.18. The average Bonchev–Trinajstić information content (AvgIpc) is 2.29. The monoisotopic (exact) mass is 272 g/mol. The predicted molar refractivity (Wildman–Crippen MR) is 84.2 cm³/mol. The van der Waals surface area contributed by atoms with Crippen molar-refractivity contribution in [3.8, 4) is 0 Å². The summed E-state index contributed by atoms with van der Waals surface area (Å²) in [5.74, 6) is 1.95. The minimum Gasteiger partial charge on any atom is -0.329 e. The van der Waals surface area contributed by atoms with Crippen molar-refractivity contribution in [3.05, 3.63) is 0 Å². The van der Waals surface area contributed by atoms with Gasteiger partial charge in [0.15, 0.2) is 0 Å². The van der Waals surface area contributed by atoms with E-state index in [1.165, 1.54) is 38.0 Å². The second-order valence-electron chi connectivity index (χ2n) is 6.84. The van der Waals surface area contributed by atoms with Gasteiger partial charge < -0.3 is 5.73 Å². The van der Waals surface area contributed by atoms with E-state index < -0.39 is 0 Å². The number of nitrogens with two attached hydrogens (primary N) is 1. The molecule has 2 N–H and O–H groups in total. The molecule has 0 spiro atoms. The lowest BCUT2D eigenvalue weighted by Crippen LogP contribution is -2.59. The zero-order valence-electron chi connectivity index (χ0n) is 13.0. The van der Waals surface area contributed by atoms with Gasteiger partial charge in [-0.2, -0.15) is 11.8 Å². The van der Waals surface area contributed by atoms with E-state index in [4.69, 9.17) is 5.73 Å². The second kappa shape index (κ2) is 6.62. The molecule has 1 fully saturated rings. The molecule has 2 nitrogen and oxygen atoms in total. The van der Waals surface area contributed by atoms with E-state index in [0.717, 1.165) is 6.54 Å². The molecule has 0 aromatic carbocycles. The first-order chi connectivity index (χ1) is 8.38. The molecule has 1 saturated carbocycles. The van der Waals surface area contributed by atoms with E-state index in [0.29, 0.717) is 11.3 Å². The third kappa shape index (κ3) is 3.64. The summed E-state index contributed by atoms with van der Waals surface area (Å²) in [4.78, 5) is 2.56. The maximum Gasteiger partial charge on any atom is 0.0354 e. The van der Waals surface area contributed by atoms with Crippen LogP contribution in [0, 0.1) is 11.3 Å². The first kappa shape index (κ1) is 16.3. The van der Waals surface area contributed by atoms with Crippen molar-refractivity contribution >= 4 is 11.8 Å². The smallest absolute Gasteiger partial charge is 0.0354 e. The van der Waals surface area contributed by atoms with Gasteiger partial charge in [-0.1, -0.05) is 20.8 Å². The molecular formula is C15H32N2S. The standard InChI is InChI=1S/C15H32N2S/c1-13-11-14(2,3)7-8-15(13,12-16)17(4)9-6-10-18-5/h13H,6-12,16H2,1-5H3. The molecule has 0 radical (unpaired) electrons. The summed E-state index contributed by atoms with van der Waals surface area (Å²) in [7, 11) is 2.28. The Kier molecular flexibility index (Phi) is 6.01. The lowest BCUT2D eigenvalue weighted by atomic mass is 9.63. The van der Waals surface area contributed by atoms with Gasteiger partial charge in [-0.3, -0.25) is 4.90 Å². The van der Waals surface area contributed by atoms with Crippen LogP contribution in [0.4, 0.5) is 0 Å². The van der Waals surface area contributed by atoms with Crippen LogP contribution >= 0.6 is 11.8 Å². The molecule has 0 heterocycles. The maximum absolute atomic E-state index is 6.18. The molecule has 3 heteroatoms. The molecule has 108 valence electrons. The fourth-order valence-electron chi connectivity index (χ4n) is 3.62. The van der Waals surface area contributed by atoms with Crippen molar-refractivity contribution in [2.24, 2.45) is 17.1 Å². The number of hydrogen-bond donors (Lipinski definition) is 1. The Balaban J connectivity index is 2.67. The molecule has 0 aromatic heterocycles. The largest absolute Gasteiger partial charge is 0.329 e. The van der Waals surface area contributed by atoms with Crippen LogP contribution in [0.5, 0.6) is 0 Å². The summed E-state index contributed by atoms with van der Waals surface area (Å²) in [6.45, 7) is 9.19. The minimum absolute atomic E-state index is 0.244.